The lowest BCUT2D eigenvalue weighted by molar-refractivity contribution is -0.153. The van der Waals surface area contributed by atoms with Gasteiger partial charge in [0.15, 0.2) is 11.5 Å². The van der Waals surface area contributed by atoms with E-state index in [0.29, 0.717) is 37.2 Å². The smallest absolute Gasteiger partial charge is 0.331 e. The first-order valence-electron chi connectivity index (χ1n) is 11.0. The Morgan fingerprint density at radius 3 is 2.28 bits per heavy atom. The van der Waals surface area contributed by atoms with Crippen LogP contribution >= 0.6 is 0 Å². The number of ether oxygens (including phenoxy) is 3. The zero-order chi connectivity index (χ0) is 23.4. The molecule has 1 amide bonds. The van der Waals surface area contributed by atoms with E-state index in [-0.39, 0.29) is 42.4 Å². The fourth-order valence-corrected chi connectivity index (χ4v) is 5.94. The Morgan fingerprint density at radius 1 is 1.09 bits per heavy atom. The Kier molecular flexibility index (Phi) is 7.66. The number of rotatable bonds is 8. The SMILES string of the molecule is CCOC(=O)C1(NC(=O)C2CCN(S(=O)(=O)c3ccc(OC)c(OC)c3)CC2)CCCC1. The molecule has 0 unspecified atom stereocenters. The van der Waals surface area contributed by atoms with Gasteiger partial charge in [-0.3, -0.25) is 4.79 Å². The van der Waals surface area contributed by atoms with Gasteiger partial charge in [0.05, 0.1) is 25.7 Å². The Labute approximate surface area is 189 Å². The summed E-state index contributed by atoms with van der Waals surface area (Å²) in [5.41, 5.74) is -0.948. The third-order valence-electron chi connectivity index (χ3n) is 6.30. The lowest BCUT2D eigenvalue weighted by Crippen LogP contribution is -2.56. The maximum atomic E-state index is 13.1. The first-order chi connectivity index (χ1) is 15.3. The van der Waals surface area contributed by atoms with E-state index in [1.807, 2.05) is 0 Å². The molecule has 1 aromatic rings. The standard InChI is InChI=1S/C22H32N2O7S/c1-4-31-21(26)22(11-5-6-12-22)23-20(25)16-9-13-24(14-10-16)32(27,28)17-7-8-18(29-2)19(15-17)30-3/h7-8,15-16H,4-6,9-14H2,1-3H3,(H,23,25). The molecule has 0 atom stereocenters. The van der Waals surface area contributed by atoms with Gasteiger partial charge in [0, 0.05) is 25.1 Å². The Bertz CT molecular complexity index is 934. The molecule has 10 heteroatoms. The van der Waals surface area contributed by atoms with Gasteiger partial charge in [-0.15, -0.1) is 0 Å². The summed E-state index contributed by atoms with van der Waals surface area (Å²) in [5.74, 6) is -0.144. The Hall–Kier alpha value is -2.33. The topological polar surface area (TPSA) is 111 Å². The average molecular weight is 469 g/mol. The summed E-state index contributed by atoms with van der Waals surface area (Å²) in [5, 5.41) is 2.95. The first kappa shape index (κ1) is 24.3. The quantitative estimate of drug-likeness (QED) is 0.582. The molecule has 9 nitrogen and oxygen atoms in total. The van der Waals surface area contributed by atoms with E-state index in [0.717, 1.165) is 12.8 Å². The lowest BCUT2D eigenvalue weighted by atomic mass is 9.92. The van der Waals surface area contributed by atoms with Gasteiger partial charge in [0.2, 0.25) is 15.9 Å². The number of amides is 1. The molecular formula is C22H32N2O7S. The second kappa shape index (κ2) is 10.1. The van der Waals surface area contributed by atoms with Gasteiger partial charge in [-0.2, -0.15) is 4.31 Å². The number of methoxy groups -OCH3 is 2. The average Bonchev–Trinajstić information content (AvgIpc) is 3.28. The summed E-state index contributed by atoms with van der Waals surface area (Å²) < 4.78 is 43.2. The predicted molar refractivity (Wildman–Crippen MR) is 117 cm³/mol. The molecule has 0 aromatic heterocycles. The number of sulfonamides is 1. The number of hydrogen-bond acceptors (Lipinski definition) is 7. The van der Waals surface area contributed by atoms with E-state index >= 15 is 0 Å². The second-order valence-electron chi connectivity index (χ2n) is 8.19. The Balaban J connectivity index is 1.65. The van der Waals surface area contributed by atoms with Crippen molar-refractivity contribution in [3.8, 4) is 11.5 Å². The van der Waals surface area contributed by atoms with Gasteiger partial charge in [-0.1, -0.05) is 12.8 Å². The van der Waals surface area contributed by atoms with Crippen molar-refractivity contribution in [2.24, 2.45) is 5.92 Å². The summed E-state index contributed by atoms with van der Waals surface area (Å²) in [6.45, 7) is 2.46. The molecule has 1 heterocycles. The number of nitrogens with one attached hydrogen (secondary N) is 1. The highest BCUT2D eigenvalue weighted by Crippen LogP contribution is 2.34. The second-order valence-corrected chi connectivity index (χ2v) is 10.1. The number of esters is 1. The molecule has 3 rings (SSSR count). The zero-order valence-electron chi connectivity index (χ0n) is 18.9. The van der Waals surface area contributed by atoms with Gasteiger partial charge < -0.3 is 19.5 Å². The van der Waals surface area contributed by atoms with Crippen LogP contribution in [0.25, 0.3) is 0 Å². The Morgan fingerprint density at radius 2 is 1.72 bits per heavy atom. The molecule has 2 aliphatic rings. The van der Waals surface area contributed by atoms with Crippen molar-refractivity contribution in [1.29, 1.82) is 0 Å². The molecule has 0 spiro atoms. The van der Waals surface area contributed by atoms with Gasteiger partial charge in [0.25, 0.3) is 0 Å². The lowest BCUT2D eigenvalue weighted by Gasteiger charge is -2.34. The molecule has 1 aromatic carbocycles. The van der Waals surface area contributed by atoms with Crippen molar-refractivity contribution >= 4 is 21.9 Å². The van der Waals surface area contributed by atoms with Crippen molar-refractivity contribution in [1.82, 2.24) is 9.62 Å². The molecule has 178 valence electrons. The van der Waals surface area contributed by atoms with Crippen molar-refractivity contribution < 1.29 is 32.2 Å². The van der Waals surface area contributed by atoms with Crippen molar-refractivity contribution in [3.63, 3.8) is 0 Å². The van der Waals surface area contributed by atoms with Crippen molar-refractivity contribution in [2.75, 3.05) is 33.9 Å². The summed E-state index contributed by atoms with van der Waals surface area (Å²) in [7, 11) is -0.796. The van der Waals surface area contributed by atoms with Crippen LogP contribution < -0.4 is 14.8 Å². The van der Waals surface area contributed by atoms with Crippen LogP contribution in [0, 0.1) is 5.92 Å². The highest BCUT2D eigenvalue weighted by atomic mass is 32.2. The number of hydrogen-bond donors (Lipinski definition) is 1. The molecule has 1 N–H and O–H groups in total. The molecule has 32 heavy (non-hydrogen) atoms. The number of nitrogens with zero attached hydrogens (tertiary/aromatic N) is 1. The highest BCUT2D eigenvalue weighted by molar-refractivity contribution is 7.89. The van der Waals surface area contributed by atoms with Crippen LogP contribution in [-0.2, 0) is 24.3 Å². The van der Waals surface area contributed by atoms with Crippen LogP contribution in [-0.4, -0.2) is 64.1 Å². The molecular weight excluding hydrogens is 436 g/mol. The van der Waals surface area contributed by atoms with Gasteiger partial charge in [0.1, 0.15) is 5.54 Å². The summed E-state index contributed by atoms with van der Waals surface area (Å²) in [6.07, 6.45) is 3.64. The number of carbonyl (C=O) groups is 2. The summed E-state index contributed by atoms with van der Waals surface area (Å²) >= 11 is 0. The fourth-order valence-electron chi connectivity index (χ4n) is 4.45. The van der Waals surface area contributed by atoms with E-state index in [9.17, 15) is 18.0 Å². The third kappa shape index (κ3) is 4.85. The summed E-state index contributed by atoms with van der Waals surface area (Å²) in [6, 6.07) is 4.48. The zero-order valence-corrected chi connectivity index (χ0v) is 19.7. The van der Waals surface area contributed by atoms with Crippen LogP contribution in [0.1, 0.15) is 45.4 Å². The van der Waals surface area contributed by atoms with Crippen LogP contribution in [0.2, 0.25) is 0 Å². The minimum Gasteiger partial charge on any atom is -0.493 e. The van der Waals surface area contributed by atoms with Gasteiger partial charge in [-0.05, 0) is 44.7 Å². The normalized spacial score (nSPS) is 19.3. The van der Waals surface area contributed by atoms with E-state index < -0.39 is 15.6 Å². The number of benzene rings is 1. The molecule has 1 saturated carbocycles. The number of piperidine rings is 1. The van der Waals surface area contributed by atoms with E-state index in [2.05, 4.69) is 5.32 Å². The minimum atomic E-state index is -3.73. The maximum Gasteiger partial charge on any atom is 0.331 e. The third-order valence-corrected chi connectivity index (χ3v) is 8.20. The molecule has 2 fully saturated rings. The maximum absolute atomic E-state index is 13.1. The van der Waals surface area contributed by atoms with Crippen LogP contribution in [0.5, 0.6) is 11.5 Å². The molecule has 1 aliphatic heterocycles. The van der Waals surface area contributed by atoms with Crippen LogP contribution in [0.3, 0.4) is 0 Å². The minimum absolute atomic E-state index is 0.116. The first-order valence-corrected chi connectivity index (χ1v) is 12.4. The molecule has 0 radical (unpaired) electrons. The molecule has 0 bridgehead atoms. The largest absolute Gasteiger partial charge is 0.493 e. The monoisotopic (exact) mass is 468 g/mol. The fraction of sp³-hybridized carbons (Fsp3) is 0.636. The van der Waals surface area contributed by atoms with Crippen LogP contribution in [0.15, 0.2) is 23.1 Å². The molecule has 1 saturated heterocycles. The van der Waals surface area contributed by atoms with E-state index in [4.69, 9.17) is 14.2 Å². The van der Waals surface area contributed by atoms with E-state index in [1.165, 1.54) is 30.7 Å². The number of carbonyl (C=O) groups excluding carboxylic acids is 2. The van der Waals surface area contributed by atoms with Crippen LogP contribution in [0.4, 0.5) is 0 Å². The van der Waals surface area contributed by atoms with Crippen molar-refractivity contribution in [2.45, 2.75) is 55.9 Å². The summed E-state index contributed by atoms with van der Waals surface area (Å²) in [4.78, 5) is 25.5. The van der Waals surface area contributed by atoms with Gasteiger partial charge in [-0.25, -0.2) is 13.2 Å². The van der Waals surface area contributed by atoms with Crippen molar-refractivity contribution in [3.05, 3.63) is 18.2 Å². The highest BCUT2D eigenvalue weighted by Gasteiger charge is 2.45. The molecule has 1 aliphatic carbocycles. The predicted octanol–water partition coefficient (Wildman–Crippen LogP) is 2.10. The van der Waals surface area contributed by atoms with Gasteiger partial charge >= 0.3 is 5.97 Å². The van der Waals surface area contributed by atoms with E-state index in [1.54, 1.807) is 13.0 Å².